The van der Waals surface area contributed by atoms with E-state index < -0.39 is 0 Å². The summed E-state index contributed by atoms with van der Waals surface area (Å²) in [4.78, 5) is 24.7. The van der Waals surface area contributed by atoms with Gasteiger partial charge in [-0.25, -0.2) is 9.97 Å². The van der Waals surface area contributed by atoms with Crippen LogP contribution in [0.2, 0.25) is 5.02 Å². The Labute approximate surface area is 164 Å². The molecule has 0 unspecified atom stereocenters. The Hall–Kier alpha value is -3.16. The number of hydrogen-bond acceptors (Lipinski definition) is 5. The lowest BCUT2D eigenvalue weighted by Crippen LogP contribution is -2.13. The molecule has 134 valence electrons. The van der Waals surface area contributed by atoms with E-state index in [1.165, 1.54) is 11.3 Å². The van der Waals surface area contributed by atoms with Crippen LogP contribution in [0, 0.1) is 0 Å². The molecular weight excluding hydrogens is 382 g/mol. The Balaban J connectivity index is 1.78. The number of nitrogens with two attached hydrogens (primary N) is 1. The molecule has 1 amide bonds. The van der Waals surface area contributed by atoms with Gasteiger partial charge in [-0.15, -0.1) is 11.3 Å². The Morgan fingerprint density at radius 3 is 2.44 bits per heavy atom. The molecule has 0 fully saturated rings. The number of aromatic nitrogens is 3. The molecule has 2 aromatic carbocycles. The average Bonchev–Trinajstić information content (AvgIpc) is 3.33. The van der Waals surface area contributed by atoms with Gasteiger partial charge in [0.1, 0.15) is 17.2 Å². The molecule has 2 heterocycles. The second-order valence-electron chi connectivity index (χ2n) is 5.73. The molecule has 0 saturated carbocycles. The number of rotatable bonds is 4. The van der Waals surface area contributed by atoms with Gasteiger partial charge in [-0.1, -0.05) is 23.7 Å². The number of benzene rings is 2. The number of anilines is 2. The molecule has 0 aliphatic carbocycles. The van der Waals surface area contributed by atoms with E-state index in [-0.39, 0.29) is 5.91 Å². The Bertz CT molecular complexity index is 1070. The van der Waals surface area contributed by atoms with Crippen molar-refractivity contribution < 1.29 is 4.79 Å². The summed E-state index contributed by atoms with van der Waals surface area (Å²) >= 11 is 7.33. The summed E-state index contributed by atoms with van der Waals surface area (Å²) in [5, 5.41) is 5.71. The second kappa shape index (κ2) is 7.22. The summed E-state index contributed by atoms with van der Waals surface area (Å²) in [6.07, 6.45) is 1.63. The molecule has 4 rings (SSSR count). The van der Waals surface area contributed by atoms with Crippen LogP contribution < -0.4 is 11.1 Å². The zero-order chi connectivity index (χ0) is 18.8. The van der Waals surface area contributed by atoms with Crippen LogP contribution in [0.15, 0.2) is 60.1 Å². The molecule has 0 aliphatic heterocycles. The Morgan fingerprint density at radius 1 is 1.07 bits per heavy atom. The van der Waals surface area contributed by atoms with Gasteiger partial charge in [0, 0.05) is 33.4 Å². The number of thiazole rings is 1. The molecule has 0 radical (unpaired) electrons. The van der Waals surface area contributed by atoms with E-state index in [0.29, 0.717) is 33.1 Å². The second-order valence-corrected chi connectivity index (χ2v) is 7.06. The summed E-state index contributed by atoms with van der Waals surface area (Å²) in [6, 6.07) is 14.4. The molecule has 4 N–H and O–H groups in total. The van der Waals surface area contributed by atoms with Gasteiger partial charge in [0.2, 0.25) is 0 Å². The van der Waals surface area contributed by atoms with Gasteiger partial charge in [0.15, 0.2) is 5.13 Å². The summed E-state index contributed by atoms with van der Waals surface area (Å²) in [6.45, 7) is 0. The first-order valence-electron chi connectivity index (χ1n) is 8.03. The fraction of sp³-hybridized carbons (Fsp3) is 0. The molecular formula is C19H14ClN5OS. The van der Waals surface area contributed by atoms with Crippen molar-refractivity contribution in [2.75, 3.05) is 11.1 Å². The molecule has 0 saturated heterocycles. The lowest BCUT2D eigenvalue weighted by atomic mass is 10.1. The summed E-state index contributed by atoms with van der Waals surface area (Å²) in [5.74, 6) is 0.258. The topological polar surface area (TPSA) is 96.7 Å². The van der Waals surface area contributed by atoms with Crippen LogP contribution in [0.5, 0.6) is 0 Å². The van der Waals surface area contributed by atoms with Gasteiger partial charge in [-0.05, 0) is 36.4 Å². The molecule has 0 bridgehead atoms. The lowest BCUT2D eigenvalue weighted by Gasteiger charge is -2.03. The average molecular weight is 396 g/mol. The number of aromatic amines is 1. The van der Waals surface area contributed by atoms with E-state index in [9.17, 15) is 4.79 Å². The third-order valence-corrected chi connectivity index (χ3v) is 4.83. The first-order chi connectivity index (χ1) is 13.1. The van der Waals surface area contributed by atoms with Gasteiger partial charge in [-0.2, -0.15) is 0 Å². The third kappa shape index (κ3) is 3.69. The van der Waals surface area contributed by atoms with E-state index >= 15 is 0 Å². The van der Waals surface area contributed by atoms with Crippen molar-refractivity contribution in [2.45, 2.75) is 0 Å². The number of amides is 1. The van der Waals surface area contributed by atoms with E-state index in [1.54, 1.807) is 35.8 Å². The number of nitrogens with one attached hydrogen (secondary N) is 2. The van der Waals surface area contributed by atoms with Gasteiger partial charge < -0.3 is 10.7 Å². The zero-order valence-corrected chi connectivity index (χ0v) is 15.5. The Kier molecular flexibility index (Phi) is 4.62. The fourth-order valence-electron chi connectivity index (χ4n) is 2.58. The van der Waals surface area contributed by atoms with E-state index in [0.717, 1.165) is 11.1 Å². The van der Waals surface area contributed by atoms with Crippen molar-refractivity contribution in [1.29, 1.82) is 0 Å². The number of imidazole rings is 1. The van der Waals surface area contributed by atoms with Crippen molar-refractivity contribution in [3.05, 3.63) is 70.8 Å². The predicted molar refractivity (Wildman–Crippen MR) is 109 cm³/mol. The summed E-state index contributed by atoms with van der Waals surface area (Å²) < 4.78 is 0. The minimum Gasteiger partial charge on any atom is -0.399 e. The number of nitrogens with zero attached hydrogens (tertiary/aromatic N) is 2. The van der Waals surface area contributed by atoms with Gasteiger partial charge in [-0.3, -0.25) is 10.1 Å². The highest BCUT2D eigenvalue weighted by molar-refractivity contribution is 7.13. The van der Waals surface area contributed by atoms with Crippen LogP contribution in [0.3, 0.4) is 0 Å². The summed E-state index contributed by atoms with van der Waals surface area (Å²) in [5.41, 5.74) is 8.90. The number of carbonyl (C=O) groups is 1. The van der Waals surface area contributed by atoms with Crippen LogP contribution >= 0.6 is 22.9 Å². The van der Waals surface area contributed by atoms with Crippen molar-refractivity contribution in [1.82, 2.24) is 15.0 Å². The van der Waals surface area contributed by atoms with Crippen molar-refractivity contribution in [2.24, 2.45) is 0 Å². The minimum atomic E-state index is -0.316. The molecule has 4 aromatic rings. The Morgan fingerprint density at radius 2 is 1.78 bits per heavy atom. The zero-order valence-electron chi connectivity index (χ0n) is 13.9. The van der Waals surface area contributed by atoms with Crippen LogP contribution in [0.4, 0.5) is 10.8 Å². The molecule has 0 aliphatic rings. The first kappa shape index (κ1) is 17.3. The minimum absolute atomic E-state index is 0.316. The number of H-pyrrole nitrogens is 1. The van der Waals surface area contributed by atoms with Crippen LogP contribution in [0.1, 0.15) is 10.5 Å². The lowest BCUT2D eigenvalue weighted by molar-refractivity contribution is 0.102. The highest BCUT2D eigenvalue weighted by Gasteiger charge is 2.20. The van der Waals surface area contributed by atoms with E-state index in [1.807, 2.05) is 24.3 Å². The standard InChI is InChI=1S/C19H14ClN5OS/c20-13-5-1-11(2-6-13)15-16(18(26)25-19-22-9-10-27-19)24-17(23-15)12-3-7-14(21)8-4-12/h1-10H,21H2,(H,23,24)(H,22,25,26). The maximum Gasteiger partial charge on any atom is 0.276 e. The highest BCUT2D eigenvalue weighted by atomic mass is 35.5. The first-order valence-corrected chi connectivity index (χ1v) is 9.28. The van der Waals surface area contributed by atoms with E-state index in [2.05, 4.69) is 20.3 Å². The van der Waals surface area contributed by atoms with Gasteiger partial charge >= 0.3 is 0 Å². The van der Waals surface area contributed by atoms with Gasteiger partial charge in [0.25, 0.3) is 5.91 Å². The van der Waals surface area contributed by atoms with Crippen LogP contribution in [-0.2, 0) is 0 Å². The van der Waals surface area contributed by atoms with Crippen molar-refractivity contribution >= 4 is 39.7 Å². The van der Waals surface area contributed by atoms with Crippen molar-refractivity contribution in [3.63, 3.8) is 0 Å². The van der Waals surface area contributed by atoms with Gasteiger partial charge in [0.05, 0.1) is 0 Å². The SMILES string of the molecule is Nc1ccc(-c2nc(-c3ccc(Cl)cc3)c(C(=O)Nc3nccs3)[nH]2)cc1. The smallest absolute Gasteiger partial charge is 0.276 e. The quantitative estimate of drug-likeness (QED) is 0.437. The third-order valence-electron chi connectivity index (χ3n) is 3.89. The molecule has 0 spiro atoms. The summed E-state index contributed by atoms with van der Waals surface area (Å²) in [7, 11) is 0. The normalized spacial score (nSPS) is 10.7. The highest BCUT2D eigenvalue weighted by Crippen LogP contribution is 2.28. The number of carbonyl (C=O) groups excluding carboxylic acids is 1. The maximum absolute atomic E-state index is 12.8. The fourth-order valence-corrected chi connectivity index (χ4v) is 3.23. The molecule has 27 heavy (non-hydrogen) atoms. The molecule has 0 atom stereocenters. The van der Waals surface area contributed by atoms with E-state index in [4.69, 9.17) is 17.3 Å². The molecule has 8 heteroatoms. The monoisotopic (exact) mass is 395 g/mol. The number of nitrogen functional groups attached to an aromatic ring is 1. The van der Waals surface area contributed by atoms with Crippen LogP contribution in [-0.4, -0.2) is 20.9 Å². The predicted octanol–water partition coefficient (Wildman–Crippen LogP) is 4.69. The largest absolute Gasteiger partial charge is 0.399 e. The molecule has 2 aromatic heterocycles. The molecule has 6 nitrogen and oxygen atoms in total. The van der Waals surface area contributed by atoms with Crippen molar-refractivity contribution in [3.8, 4) is 22.6 Å². The number of hydrogen-bond donors (Lipinski definition) is 3. The number of halogens is 1. The van der Waals surface area contributed by atoms with Crippen LogP contribution in [0.25, 0.3) is 22.6 Å². The maximum atomic E-state index is 12.8.